The SMILES string of the molecule is C1CCCC1.CC=O.CNC1(C)COC1.O=S1Cc2ccc(Nc3ccn[nH]3)c(F)c2C1. The quantitative estimate of drug-likeness (QED) is 0.587. The first-order valence-corrected chi connectivity index (χ1v) is 12.5. The third-order valence-corrected chi connectivity index (χ3v) is 6.67. The molecule has 3 N–H and O–H groups in total. The van der Waals surface area contributed by atoms with E-state index in [2.05, 4.69) is 27.8 Å². The smallest absolute Gasteiger partial charge is 0.151 e. The molecule has 3 heterocycles. The van der Waals surface area contributed by atoms with E-state index in [-0.39, 0.29) is 5.82 Å². The highest BCUT2D eigenvalue weighted by Gasteiger charge is 2.30. The average Bonchev–Trinajstić information content (AvgIpc) is 3.53. The van der Waals surface area contributed by atoms with Crippen LogP contribution in [0.5, 0.6) is 0 Å². The average molecular weight is 467 g/mol. The Kier molecular flexibility index (Phi) is 11.0. The second kappa shape index (κ2) is 13.4. The van der Waals surface area contributed by atoms with E-state index >= 15 is 0 Å². The highest BCUT2D eigenvalue weighted by molar-refractivity contribution is 7.83. The summed E-state index contributed by atoms with van der Waals surface area (Å²) in [7, 11) is 0.996. The van der Waals surface area contributed by atoms with Crippen molar-refractivity contribution in [3.63, 3.8) is 0 Å². The molecular weight excluding hydrogens is 431 g/mol. The van der Waals surface area contributed by atoms with E-state index < -0.39 is 10.8 Å². The van der Waals surface area contributed by atoms with Gasteiger partial charge in [0.05, 0.1) is 36.4 Å². The molecule has 9 heteroatoms. The van der Waals surface area contributed by atoms with Gasteiger partial charge >= 0.3 is 0 Å². The number of aromatic nitrogens is 2. The van der Waals surface area contributed by atoms with Gasteiger partial charge in [-0.15, -0.1) is 0 Å². The van der Waals surface area contributed by atoms with Crippen molar-refractivity contribution in [2.24, 2.45) is 0 Å². The lowest BCUT2D eigenvalue weighted by Gasteiger charge is -2.37. The van der Waals surface area contributed by atoms with Crippen molar-refractivity contribution < 1.29 is 18.1 Å². The van der Waals surface area contributed by atoms with Crippen molar-refractivity contribution in [1.29, 1.82) is 0 Å². The number of benzene rings is 1. The number of hydrogen-bond acceptors (Lipinski definition) is 6. The first-order valence-electron chi connectivity index (χ1n) is 11.0. The summed E-state index contributed by atoms with van der Waals surface area (Å²) >= 11 is 0. The van der Waals surface area contributed by atoms with Gasteiger partial charge in [0.1, 0.15) is 12.1 Å². The predicted molar refractivity (Wildman–Crippen MR) is 127 cm³/mol. The van der Waals surface area contributed by atoms with Gasteiger partial charge in [0.2, 0.25) is 0 Å². The number of rotatable bonds is 3. The topological polar surface area (TPSA) is 96.1 Å². The van der Waals surface area contributed by atoms with Crippen LogP contribution in [0.3, 0.4) is 0 Å². The summed E-state index contributed by atoms with van der Waals surface area (Å²) < 4.78 is 30.5. The second-order valence-corrected chi connectivity index (χ2v) is 9.65. The minimum absolute atomic E-state index is 0.292. The molecule has 0 radical (unpaired) electrons. The normalized spacial score (nSPS) is 19.6. The number of aldehydes is 1. The van der Waals surface area contributed by atoms with Crippen LogP contribution in [-0.4, -0.2) is 46.5 Å². The minimum Gasteiger partial charge on any atom is -0.377 e. The van der Waals surface area contributed by atoms with E-state index in [4.69, 9.17) is 9.53 Å². The second-order valence-electron chi connectivity index (χ2n) is 8.20. The van der Waals surface area contributed by atoms with Crippen LogP contribution >= 0.6 is 0 Å². The fraction of sp³-hybridized carbons (Fsp3) is 0.565. The predicted octanol–water partition coefficient (Wildman–Crippen LogP) is 4.21. The minimum atomic E-state index is -0.964. The molecule has 1 saturated heterocycles. The summed E-state index contributed by atoms with van der Waals surface area (Å²) in [6, 6.07) is 5.20. The fourth-order valence-corrected chi connectivity index (χ4v) is 4.70. The third kappa shape index (κ3) is 8.11. The molecule has 0 bridgehead atoms. The van der Waals surface area contributed by atoms with Gasteiger partial charge in [0.25, 0.3) is 0 Å². The summed E-state index contributed by atoms with van der Waals surface area (Å²) in [5.41, 5.74) is 2.08. The zero-order valence-corrected chi connectivity index (χ0v) is 20.0. The maximum Gasteiger partial charge on any atom is 0.151 e. The number of fused-ring (bicyclic) bond motifs is 1. The highest BCUT2D eigenvalue weighted by atomic mass is 32.2. The Morgan fingerprint density at radius 3 is 2.22 bits per heavy atom. The van der Waals surface area contributed by atoms with Gasteiger partial charge in [-0.2, -0.15) is 5.10 Å². The molecule has 1 saturated carbocycles. The number of nitrogens with one attached hydrogen (secondary N) is 3. The van der Waals surface area contributed by atoms with Crippen molar-refractivity contribution in [3.05, 3.63) is 41.3 Å². The van der Waals surface area contributed by atoms with E-state index in [0.29, 0.717) is 34.1 Å². The van der Waals surface area contributed by atoms with Crippen LogP contribution in [0.4, 0.5) is 15.9 Å². The number of anilines is 2. The largest absolute Gasteiger partial charge is 0.377 e. The molecule has 32 heavy (non-hydrogen) atoms. The Hall–Kier alpha value is -2.10. The van der Waals surface area contributed by atoms with Crippen molar-refractivity contribution in [1.82, 2.24) is 15.5 Å². The number of carbonyl (C=O) groups is 1. The summed E-state index contributed by atoms with van der Waals surface area (Å²) in [6.45, 7) is 5.32. The van der Waals surface area contributed by atoms with E-state index in [0.717, 1.165) is 25.1 Å². The molecule has 1 unspecified atom stereocenters. The van der Waals surface area contributed by atoms with E-state index in [1.165, 1.54) is 39.0 Å². The van der Waals surface area contributed by atoms with Crippen molar-refractivity contribution in [2.45, 2.75) is 63.0 Å². The molecule has 5 rings (SSSR count). The fourth-order valence-electron chi connectivity index (χ4n) is 3.34. The Balaban J connectivity index is 0.000000198. The van der Waals surface area contributed by atoms with E-state index in [1.807, 2.05) is 13.1 Å². The van der Waals surface area contributed by atoms with E-state index in [9.17, 15) is 8.60 Å². The van der Waals surface area contributed by atoms with Crippen molar-refractivity contribution >= 4 is 28.6 Å². The lowest BCUT2D eigenvalue weighted by Crippen LogP contribution is -2.56. The number of likely N-dealkylation sites (N-methyl/N-ethyl adjacent to an activating group) is 1. The van der Waals surface area contributed by atoms with Crippen LogP contribution in [0.15, 0.2) is 24.4 Å². The first kappa shape index (κ1) is 26.2. The van der Waals surface area contributed by atoms with Crippen LogP contribution in [0.1, 0.15) is 57.1 Å². The highest BCUT2D eigenvalue weighted by Crippen LogP contribution is 2.30. The molecule has 2 aromatic rings. The van der Waals surface area contributed by atoms with Crippen LogP contribution in [0.2, 0.25) is 0 Å². The van der Waals surface area contributed by atoms with Crippen LogP contribution in [0.25, 0.3) is 0 Å². The Labute approximate surface area is 192 Å². The van der Waals surface area contributed by atoms with Gasteiger partial charge in [-0.1, -0.05) is 38.2 Å². The van der Waals surface area contributed by atoms with Crippen LogP contribution in [0, 0.1) is 5.82 Å². The first-order chi connectivity index (χ1) is 15.4. The summed E-state index contributed by atoms with van der Waals surface area (Å²) in [6.07, 6.45) is 9.84. The lowest BCUT2D eigenvalue weighted by molar-refractivity contribution is -0.106. The molecule has 3 aliphatic rings. The zero-order valence-electron chi connectivity index (χ0n) is 19.2. The number of halogens is 1. The molecule has 178 valence electrons. The van der Waals surface area contributed by atoms with Crippen molar-refractivity contribution in [3.8, 4) is 0 Å². The maximum atomic E-state index is 14.1. The molecule has 1 aliphatic carbocycles. The number of hydrogen-bond donors (Lipinski definition) is 3. The number of aromatic amines is 1. The van der Waals surface area contributed by atoms with Crippen LogP contribution in [-0.2, 0) is 31.8 Å². The Morgan fingerprint density at radius 2 is 1.78 bits per heavy atom. The molecule has 1 aromatic heterocycles. The summed E-state index contributed by atoms with van der Waals surface area (Å²) in [5, 5.41) is 12.5. The number of carbonyl (C=O) groups excluding carboxylic acids is 1. The zero-order chi connectivity index (χ0) is 23.4. The van der Waals surface area contributed by atoms with Crippen LogP contribution < -0.4 is 10.6 Å². The molecule has 7 nitrogen and oxygen atoms in total. The number of H-pyrrole nitrogens is 1. The van der Waals surface area contributed by atoms with Gasteiger partial charge in [0, 0.05) is 28.2 Å². The maximum absolute atomic E-state index is 14.1. The van der Waals surface area contributed by atoms with E-state index in [1.54, 1.807) is 18.3 Å². The summed E-state index contributed by atoms with van der Waals surface area (Å²) in [5.74, 6) is 1.07. The summed E-state index contributed by atoms with van der Waals surface area (Å²) in [4.78, 5) is 8.81. The number of ether oxygens (including phenoxy) is 1. The molecule has 1 aromatic carbocycles. The molecule has 1 atom stereocenters. The molecule has 0 amide bonds. The standard InChI is InChI=1S/C11H10FN3OS.C5H11NO.C5H10.C2H4O/c12-11-8-6-17(16)5-7(8)1-2-9(11)14-10-3-4-13-15-10;1-5(6-2)3-7-4-5;1-2-4-5-3-1;1-2-3/h1-4H,5-6H2,(H2,13,14,15);6H,3-4H2,1-2H3;1-5H2;2H,1H3. The molecule has 2 aliphatic heterocycles. The Bertz CT molecular complexity index is 840. The van der Waals surface area contributed by atoms with Gasteiger partial charge in [-0.25, -0.2) is 4.39 Å². The molecular formula is C23H35FN4O3S. The van der Waals surface area contributed by atoms with Gasteiger partial charge < -0.3 is 20.2 Å². The van der Waals surface area contributed by atoms with Gasteiger partial charge in [-0.05, 0) is 32.5 Å². The lowest BCUT2D eigenvalue weighted by atomic mass is 10.0. The van der Waals surface area contributed by atoms with Gasteiger partial charge in [-0.3, -0.25) is 9.31 Å². The molecule has 0 spiro atoms. The van der Waals surface area contributed by atoms with Gasteiger partial charge in [0.15, 0.2) is 5.82 Å². The molecule has 2 fully saturated rings. The Morgan fingerprint density at radius 1 is 1.16 bits per heavy atom. The third-order valence-electron chi connectivity index (χ3n) is 5.43. The monoisotopic (exact) mass is 466 g/mol. The van der Waals surface area contributed by atoms with Crippen molar-refractivity contribution in [2.75, 3.05) is 25.6 Å². The number of nitrogens with zero attached hydrogens (tertiary/aromatic N) is 1.